The number of nitrogens with one attached hydrogen (secondary N) is 1. The molecule has 1 N–H and O–H groups in total. The molecule has 0 fully saturated rings. The molecule has 1 aliphatic rings. The van der Waals surface area contributed by atoms with Crippen LogP contribution in [0.3, 0.4) is 0 Å². The number of hydrogen-bond acceptors (Lipinski definition) is 5. The first-order valence-electron chi connectivity index (χ1n) is 10.2. The SMILES string of the molecule is COc1ccc(NC2=C(c3ccc(C)cc3C)C(=O)N(c3ccccc3OC)C2=O)cc1. The number of nitrogens with zero attached hydrogens (tertiary/aromatic N) is 1. The number of methoxy groups -OCH3 is 2. The summed E-state index contributed by atoms with van der Waals surface area (Å²) >= 11 is 0. The van der Waals surface area contributed by atoms with Gasteiger partial charge in [-0.05, 0) is 61.4 Å². The monoisotopic (exact) mass is 428 g/mol. The number of anilines is 2. The van der Waals surface area contributed by atoms with E-state index in [1.54, 1.807) is 55.6 Å². The van der Waals surface area contributed by atoms with Gasteiger partial charge in [0.2, 0.25) is 0 Å². The number of ether oxygens (including phenoxy) is 2. The van der Waals surface area contributed by atoms with Gasteiger partial charge in [-0.15, -0.1) is 0 Å². The van der Waals surface area contributed by atoms with Gasteiger partial charge in [-0.3, -0.25) is 9.59 Å². The van der Waals surface area contributed by atoms with Crippen molar-refractivity contribution in [1.82, 2.24) is 0 Å². The maximum Gasteiger partial charge on any atom is 0.282 e. The van der Waals surface area contributed by atoms with E-state index in [1.807, 2.05) is 32.0 Å². The van der Waals surface area contributed by atoms with Crippen LogP contribution in [0.2, 0.25) is 0 Å². The average Bonchev–Trinajstić information content (AvgIpc) is 3.03. The minimum Gasteiger partial charge on any atom is -0.497 e. The van der Waals surface area contributed by atoms with Crippen molar-refractivity contribution in [3.8, 4) is 11.5 Å². The van der Waals surface area contributed by atoms with Crippen molar-refractivity contribution < 1.29 is 19.1 Å². The second-order valence-electron chi connectivity index (χ2n) is 7.54. The molecule has 0 bridgehead atoms. The molecule has 0 aliphatic carbocycles. The van der Waals surface area contributed by atoms with Crippen LogP contribution in [0.5, 0.6) is 11.5 Å². The molecule has 3 aromatic carbocycles. The third-order valence-electron chi connectivity index (χ3n) is 5.42. The molecule has 0 atom stereocenters. The number of hydrogen-bond donors (Lipinski definition) is 1. The highest BCUT2D eigenvalue weighted by molar-refractivity contribution is 6.46. The van der Waals surface area contributed by atoms with Crippen LogP contribution < -0.4 is 19.7 Å². The summed E-state index contributed by atoms with van der Waals surface area (Å²) in [4.78, 5) is 28.4. The number of benzene rings is 3. The Morgan fingerprint density at radius 2 is 1.53 bits per heavy atom. The molecular weight excluding hydrogens is 404 g/mol. The molecule has 6 heteroatoms. The lowest BCUT2D eigenvalue weighted by Gasteiger charge is -2.18. The van der Waals surface area contributed by atoms with Gasteiger partial charge < -0.3 is 14.8 Å². The second kappa shape index (κ2) is 8.59. The lowest BCUT2D eigenvalue weighted by atomic mass is 9.97. The van der Waals surface area contributed by atoms with E-state index in [2.05, 4.69) is 5.32 Å². The Bertz CT molecular complexity index is 1230. The van der Waals surface area contributed by atoms with Crippen LogP contribution in [0.25, 0.3) is 5.57 Å². The minimum atomic E-state index is -0.440. The molecule has 4 rings (SSSR count). The molecule has 2 amide bonds. The maximum atomic E-state index is 13.7. The van der Waals surface area contributed by atoms with Gasteiger partial charge in [0.25, 0.3) is 11.8 Å². The van der Waals surface area contributed by atoms with E-state index in [0.717, 1.165) is 11.1 Å². The minimum absolute atomic E-state index is 0.220. The fourth-order valence-electron chi connectivity index (χ4n) is 3.84. The molecular formula is C26H24N2O4. The van der Waals surface area contributed by atoms with E-state index in [9.17, 15) is 9.59 Å². The van der Waals surface area contributed by atoms with Gasteiger partial charge in [-0.25, -0.2) is 4.90 Å². The summed E-state index contributed by atoms with van der Waals surface area (Å²) in [5.74, 6) is 0.302. The van der Waals surface area contributed by atoms with E-state index in [-0.39, 0.29) is 5.70 Å². The highest BCUT2D eigenvalue weighted by atomic mass is 16.5. The Kier molecular flexibility index (Phi) is 5.69. The van der Waals surface area contributed by atoms with Crippen LogP contribution >= 0.6 is 0 Å². The van der Waals surface area contributed by atoms with Gasteiger partial charge >= 0.3 is 0 Å². The Labute approximate surface area is 187 Å². The lowest BCUT2D eigenvalue weighted by molar-refractivity contribution is -0.120. The Morgan fingerprint density at radius 3 is 2.19 bits per heavy atom. The van der Waals surface area contributed by atoms with Crippen LogP contribution in [0, 0.1) is 13.8 Å². The summed E-state index contributed by atoms with van der Waals surface area (Å²) in [7, 11) is 3.10. The fourth-order valence-corrected chi connectivity index (χ4v) is 3.84. The van der Waals surface area contributed by atoms with Gasteiger partial charge in [0, 0.05) is 5.69 Å². The van der Waals surface area contributed by atoms with Crippen molar-refractivity contribution in [1.29, 1.82) is 0 Å². The van der Waals surface area contributed by atoms with Crippen LogP contribution in [-0.4, -0.2) is 26.0 Å². The molecule has 0 spiro atoms. The van der Waals surface area contributed by atoms with Gasteiger partial charge in [0.1, 0.15) is 17.2 Å². The molecule has 1 aliphatic heterocycles. The molecule has 1 heterocycles. The summed E-state index contributed by atoms with van der Waals surface area (Å²) in [5.41, 5.74) is 4.33. The van der Waals surface area contributed by atoms with Gasteiger partial charge in [-0.2, -0.15) is 0 Å². The summed E-state index contributed by atoms with van der Waals surface area (Å²) in [6.45, 7) is 3.92. The summed E-state index contributed by atoms with van der Waals surface area (Å²) < 4.78 is 10.6. The zero-order chi connectivity index (χ0) is 22.8. The smallest absolute Gasteiger partial charge is 0.282 e. The first-order chi connectivity index (χ1) is 15.4. The number of aryl methyl sites for hydroxylation is 2. The lowest BCUT2D eigenvalue weighted by Crippen LogP contribution is -2.32. The summed E-state index contributed by atoms with van der Waals surface area (Å²) in [6.07, 6.45) is 0. The van der Waals surface area contributed by atoms with Crippen molar-refractivity contribution in [2.75, 3.05) is 24.4 Å². The van der Waals surface area contributed by atoms with Crippen LogP contribution in [0.4, 0.5) is 11.4 Å². The number of amides is 2. The Morgan fingerprint density at radius 1 is 0.812 bits per heavy atom. The van der Waals surface area contributed by atoms with Crippen molar-refractivity contribution in [3.05, 3.63) is 89.1 Å². The predicted molar refractivity (Wildman–Crippen MR) is 125 cm³/mol. The maximum absolute atomic E-state index is 13.7. The zero-order valence-corrected chi connectivity index (χ0v) is 18.4. The first kappa shape index (κ1) is 21.2. The third-order valence-corrected chi connectivity index (χ3v) is 5.42. The van der Waals surface area contributed by atoms with E-state index < -0.39 is 11.8 Å². The largest absolute Gasteiger partial charge is 0.497 e. The highest BCUT2D eigenvalue weighted by Crippen LogP contribution is 2.38. The van der Waals surface area contributed by atoms with Crippen molar-refractivity contribution >= 4 is 28.8 Å². The van der Waals surface area contributed by atoms with Gasteiger partial charge in [0.15, 0.2) is 0 Å². The van der Waals surface area contributed by atoms with Crippen molar-refractivity contribution in [2.45, 2.75) is 13.8 Å². The zero-order valence-electron chi connectivity index (χ0n) is 18.4. The van der Waals surface area contributed by atoms with E-state index in [4.69, 9.17) is 9.47 Å². The highest BCUT2D eigenvalue weighted by Gasteiger charge is 2.41. The summed E-state index contributed by atoms with van der Waals surface area (Å²) in [6, 6.07) is 20.0. The van der Waals surface area contributed by atoms with E-state index in [1.165, 1.54) is 12.0 Å². The normalized spacial score (nSPS) is 13.6. The Balaban J connectivity index is 1.85. The molecule has 32 heavy (non-hydrogen) atoms. The molecule has 3 aromatic rings. The number of imide groups is 1. The number of carbonyl (C=O) groups is 2. The van der Waals surface area contributed by atoms with E-state index in [0.29, 0.717) is 34.0 Å². The summed E-state index contributed by atoms with van der Waals surface area (Å²) in [5, 5.41) is 3.17. The van der Waals surface area contributed by atoms with Gasteiger partial charge in [-0.1, -0.05) is 35.9 Å². The first-order valence-corrected chi connectivity index (χ1v) is 10.2. The molecule has 0 radical (unpaired) electrons. The number of carbonyl (C=O) groups excluding carboxylic acids is 2. The standard InChI is InChI=1S/C26H24N2O4/c1-16-9-14-20(17(2)15-16)23-24(27-18-10-12-19(31-3)13-11-18)26(30)28(25(23)29)21-7-5-6-8-22(21)32-4/h5-15,27H,1-4H3. The fraction of sp³-hybridized carbons (Fsp3) is 0.154. The molecule has 0 saturated carbocycles. The third kappa shape index (κ3) is 3.71. The van der Waals surface area contributed by atoms with Crippen LogP contribution in [-0.2, 0) is 9.59 Å². The van der Waals surface area contributed by atoms with Crippen molar-refractivity contribution in [2.24, 2.45) is 0 Å². The topological polar surface area (TPSA) is 67.9 Å². The van der Waals surface area contributed by atoms with Gasteiger partial charge in [0.05, 0.1) is 25.5 Å². The molecule has 0 saturated heterocycles. The molecule has 0 aromatic heterocycles. The van der Waals surface area contributed by atoms with Crippen LogP contribution in [0.15, 0.2) is 72.4 Å². The molecule has 0 unspecified atom stereocenters. The molecule has 6 nitrogen and oxygen atoms in total. The van der Waals surface area contributed by atoms with Crippen molar-refractivity contribution in [3.63, 3.8) is 0 Å². The number of rotatable bonds is 6. The molecule has 162 valence electrons. The average molecular weight is 428 g/mol. The van der Waals surface area contributed by atoms with E-state index >= 15 is 0 Å². The second-order valence-corrected chi connectivity index (χ2v) is 7.54. The number of para-hydroxylation sites is 2. The van der Waals surface area contributed by atoms with Crippen LogP contribution in [0.1, 0.15) is 16.7 Å². The Hall–Kier alpha value is -4.06. The quantitative estimate of drug-likeness (QED) is 0.576. The predicted octanol–water partition coefficient (Wildman–Crippen LogP) is 4.72.